The predicted octanol–water partition coefficient (Wildman–Crippen LogP) is 1.49. The largest absolute Gasteiger partial charge is 0.492 e. The first kappa shape index (κ1) is 15.9. The van der Waals surface area contributed by atoms with Crippen molar-refractivity contribution in [3.8, 4) is 5.75 Å². The quantitative estimate of drug-likeness (QED) is 0.795. The second-order valence-electron chi connectivity index (χ2n) is 5.15. The molecule has 1 rings (SSSR count). The van der Waals surface area contributed by atoms with Gasteiger partial charge >= 0.3 is 0 Å². The first-order valence-electron chi connectivity index (χ1n) is 6.26. The van der Waals surface area contributed by atoms with E-state index in [9.17, 15) is 8.42 Å². The van der Waals surface area contributed by atoms with Crippen LogP contribution in [0.2, 0.25) is 0 Å². The lowest BCUT2D eigenvalue weighted by Gasteiger charge is -2.19. The van der Waals surface area contributed by atoms with Crippen molar-refractivity contribution < 1.29 is 13.2 Å². The summed E-state index contributed by atoms with van der Waals surface area (Å²) < 4.78 is 31.7. The molecule has 0 aromatic heterocycles. The van der Waals surface area contributed by atoms with Crippen LogP contribution >= 0.6 is 0 Å². The highest BCUT2D eigenvalue weighted by Crippen LogP contribution is 2.16. The number of hydrogen-bond donors (Lipinski definition) is 2. The molecule has 0 fully saturated rings. The maximum atomic E-state index is 11.8. The summed E-state index contributed by atoms with van der Waals surface area (Å²) in [5.41, 5.74) is 5.38. The molecule has 0 atom stereocenters. The van der Waals surface area contributed by atoms with Crippen LogP contribution in [0.3, 0.4) is 0 Å². The molecular formula is C13H22N2O3S. The first-order chi connectivity index (χ1) is 8.74. The molecule has 0 spiro atoms. The van der Waals surface area contributed by atoms with Gasteiger partial charge in [-0.3, -0.25) is 0 Å². The van der Waals surface area contributed by atoms with E-state index >= 15 is 0 Å². The summed E-state index contributed by atoms with van der Waals surface area (Å²) in [5.74, 6) is 0.605. The van der Waals surface area contributed by atoms with E-state index in [4.69, 9.17) is 10.5 Å². The Labute approximate surface area is 115 Å². The van der Waals surface area contributed by atoms with Crippen molar-refractivity contribution in [1.82, 2.24) is 4.72 Å². The summed E-state index contributed by atoms with van der Waals surface area (Å²) in [6.45, 7) is 6.43. The van der Waals surface area contributed by atoms with Crippen LogP contribution in [0, 0.1) is 0 Å². The third-order valence-corrected chi connectivity index (χ3v) is 3.76. The highest BCUT2D eigenvalue weighted by atomic mass is 32.2. The van der Waals surface area contributed by atoms with Crippen molar-refractivity contribution in [2.75, 3.05) is 13.2 Å². The lowest BCUT2D eigenvalue weighted by molar-refractivity contribution is 0.243. The lowest BCUT2D eigenvalue weighted by atomic mass is 10.1. The lowest BCUT2D eigenvalue weighted by Crippen LogP contribution is -2.38. The van der Waals surface area contributed by atoms with Crippen LogP contribution in [0.25, 0.3) is 0 Å². The molecule has 5 nitrogen and oxygen atoms in total. The van der Waals surface area contributed by atoms with Crippen molar-refractivity contribution >= 4 is 10.0 Å². The molecule has 108 valence electrons. The SMILES string of the molecule is CCCNS(=O)(=O)c1ccc(OCC(C)(C)N)cc1. The van der Waals surface area contributed by atoms with Crippen LogP contribution in [0.15, 0.2) is 29.2 Å². The monoisotopic (exact) mass is 286 g/mol. The van der Waals surface area contributed by atoms with E-state index in [1.165, 1.54) is 12.1 Å². The summed E-state index contributed by atoms with van der Waals surface area (Å²) >= 11 is 0. The van der Waals surface area contributed by atoms with E-state index in [0.29, 0.717) is 18.9 Å². The minimum absolute atomic E-state index is 0.236. The molecule has 0 aliphatic rings. The third kappa shape index (κ3) is 5.59. The molecule has 19 heavy (non-hydrogen) atoms. The van der Waals surface area contributed by atoms with Gasteiger partial charge in [0, 0.05) is 12.1 Å². The normalized spacial score (nSPS) is 12.4. The molecule has 1 aromatic carbocycles. The molecule has 0 aliphatic carbocycles. The summed E-state index contributed by atoms with van der Waals surface area (Å²) in [4.78, 5) is 0.236. The zero-order valence-corrected chi connectivity index (χ0v) is 12.5. The van der Waals surface area contributed by atoms with E-state index < -0.39 is 15.6 Å². The van der Waals surface area contributed by atoms with Crippen molar-refractivity contribution in [2.24, 2.45) is 5.73 Å². The van der Waals surface area contributed by atoms with Gasteiger partial charge in [-0.2, -0.15) is 0 Å². The molecule has 0 aliphatic heterocycles. The average Bonchev–Trinajstić information content (AvgIpc) is 2.34. The Hall–Kier alpha value is -1.11. The summed E-state index contributed by atoms with van der Waals surface area (Å²) in [6, 6.07) is 6.31. The van der Waals surface area contributed by atoms with Crippen molar-refractivity contribution in [3.63, 3.8) is 0 Å². The number of nitrogens with one attached hydrogen (secondary N) is 1. The number of benzene rings is 1. The molecule has 1 aromatic rings. The molecule has 0 saturated carbocycles. The van der Waals surface area contributed by atoms with Gasteiger partial charge in [0.15, 0.2) is 0 Å². The van der Waals surface area contributed by atoms with Gasteiger partial charge in [-0.1, -0.05) is 6.92 Å². The molecule has 0 bridgehead atoms. The van der Waals surface area contributed by atoms with Gasteiger partial charge in [0.25, 0.3) is 0 Å². The summed E-state index contributed by atoms with van der Waals surface area (Å²) in [5, 5.41) is 0. The van der Waals surface area contributed by atoms with Crippen LogP contribution in [0.1, 0.15) is 27.2 Å². The van der Waals surface area contributed by atoms with Crippen molar-refractivity contribution in [1.29, 1.82) is 0 Å². The Kier molecular flexibility index (Phi) is 5.34. The third-order valence-electron chi connectivity index (χ3n) is 2.29. The van der Waals surface area contributed by atoms with Gasteiger partial charge in [-0.15, -0.1) is 0 Å². The van der Waals surface area contributed by atoms with Crippen LogP contribution in [0.5, 0.6) is 5.75 Å². The maximum absolute atomic E-state index is 11.8. The van der Waals surface area contributed by atoms with Crippen molar-refractivity contribution in [3.05, 3.63) is 24.3 Å². The fraction of sp³-hybridized carbons (Fsp3) is 0.538. The van der Waals surface area contributed by atoms with Gasteiger partial charge in [-0.05, 0) is 44.5 Å². The standard InChI is InChI=1S/C13H22N2O3S/c1-4-9-15-19(16,17)12-7-5-11(6-8-12)18-10-13(2,3)14/h5-8,15H,4,9-10,14H2,1-3H3. The molecule has 6 heteroatoms. The Morgan fingerprint density at radius 1 is 1.26 bits per heavy atom. The fourth-order valence-corrected chi connectivity index (χ4v) is 2.44. The Morgan fingerprint density at radius 3 is 2.32 bits per heavy atom. The number of sulfonamides is 1. The van der Waals surface area contributed by atoms with Crippen LogP contribution in [-0.2, 0) is 10.0 Å². The van der Waals surface area contributed by atoms with Gasteiger partial charge in [0.05, 0.1) is 4.90 Å². The minimum Gasteiger partial charge on any atom is -0.492 e. The minimum atomic E-state index is -3.41. The van der Waals surface area contributed by atoms with Gasteiger partial charge in [-0.25, -0.2) is 13.1 Å². The molecule has 0 heterocycles. The fourth-order valence-electron chi connectivity index (χ4n) is 1.30. The van der Waals surface area contributed by atoms with Crippen LogP contribution in [-0.4, -0.2) is 27.1 Å². The van der Waals surface area contributed by atoms with E-state index in [2.05, 4.69) is 4.72 Å². The zero-order valence-electron chi connectivity index (χ0n) is 11.6. The molecule has 3 N–H and O–H groups in total. The van der Waals surface area contributed by atoms with Gasteiger partial charge in [0.2, 0.25) is 10.0 Å². The average molecular weight is 286 g/mol. The Morgan fingerprint density at radius 2 is 1.84 bits per heavy atom. The number of hydrogen-bond acceptors (Lipinski definition) is 4. The van der Waals surface area contributed by atoms with E-state index in [0.717, 1.165) is 6.42 Å². The molecular weight excluding hydrogens is 264 g/mol. The highest BCUT2D eigenvalue weighted by molar-refractivity contribution is 7.89. The Bertz CT molecular complexity index is 490. The number of nitrogens with two attached hydrogens (primary N) is 1. The molecule has 0 amide bonds. The van der Waals surface area contributed by atoms with Gasteiger partial charge < -0.3 is 10.5 Å². The zero-order chi connectivity index (χ0) is 14.5. The summed E-state index contributed by atoms with van der Waals surface area (Å²) in [6.07, 6.45) is 0.756. The smallest absolute Gasteiger partial charge is 0.240 e. The summed E-state index contributed by atoms with van der Waals surface area (Å²) in [7, 11) is -3.41. The predicted molar refractivity (Wildman–Crippen MR) is 75.7 cm³/mol. The van der Waals surface area contributed by atoms with Crippen LogP contribution < -0.4 is 15.2 Å². The maximum Gasteiger partial charge on any atom is 0.240 e. The molecule has 0 unspecified atom stereocenters. The topological polar surface area (TPSA) is 81.4 Å². The van der Waals surface area contributed by atoms with E-state index in [1.54, 1.807) is 12.1 Å². The number of rotatable bonds is 7. The number of ether oxygens (including phenoxy) is 1. The van der Waals surface area contributed by atoms with Crippen molar-refractivity contribution in [2.45, 2.75) is 37.6 Å². The first-order valence-corrected chi connectivity index (χ1v) is 7.74. The van der Waals surface area contributed by atoms with Gasteiger partial charge in [0.1, 0.15) is 12.4 Å². The van der Waals surface area contributed by atoms with E-state index in [1.807, 2.05) is 20.8 Å². The second kappa shape index (κ2) is 6.36. The van der Waals surface area contributed by atoms with Crippen LogP contribution in [0.4, 0.5) is 0 Å². The molecule has 0 saturated heterocycles. The van der Waals surface area contributed by atoms with E-state index in [-0.39, 0.29) is 4.90 Å². The highest BCUT2D eigenvalue weighted by Gasteiger charge is 2.14. The Balaban J connectivity index is 2.71. The second-order valence-corrected chi connectivity index (χ2v) is 6.91. The molecule has 0 radical (unpaired) electrons.